The molecule has 6 nitrogen and oxygen atoms in total. The summed E-state index contributed by atoms with van der Waals surface area (Å²) in [6.07, 6.45) is 1.64. The zero-order valence-electron chi connectivity index (χ0n) is 14.9. The molecule has 0 atom stereocenters. The minimum absolute atomic E-state index is 0.0102. The third-order valence-electron chi connectivity index (χ3n) is 3.88. The maximum absolute atomic E-state index is 12.9. The van der Waals surface area contributed by atoms with Gasteiger partial charge in [0.05, 0.1) is 23.5 Å². The molecular formula is C19H23NO5S. The Morgan fingerprint density at radius 3 is 2.31 bits per heavy atom. The van der Waals surface area contributed by atoms with Crippen LogP contribution < -0.4 is 10.5 Å². The molecule has 0 saturated heterocycles. The van der Waals surface area contributed by atoms with Crippen LogP contribution in [0, 0.1) is 0 Å². The third-order valence-corrected chi connectivity index (χ3v) is 5.65. The van der Waals surface area contributed by atoms with Gasteiger partial charge in [0.15, 0.2) is 0 Å². The standard InChI is InChI=1S/C19H23NO5S/c1-3-25-19(21)17-13-16(10-11-18(17)24-2)26(22,23)15-8-6-14(7-9-15)5-4-12-20/h6-11,13H,3-5,12,20H2,1-2H3. The molecule has 2 N–H and O–H groups in total. The van der Waals surface area contributed by atoms with Crippen LogP contribution in [0.15, 0.2) is 52.3 Å². The van der Waals surface area contributed by atoms with E-state index in [1.54, 1.807) is 31.2 Å². The summed E-state index contributed by atoms with van der Waals surface area (Å²) >= 11 is 0. The highest BCUT2D eigenvalue weighted by Crippen LogP contribution is 2.27. The first-order valence-electron chi connectivity index (χ1n) is 8.33. The number of esters is 1. The largest absolute Gasteiger partial charge is 0.496 e. The van der Waals surface area contributed by atoms with E-state index in [-0.39, 0.29) is 27.7 Å². The smallest absolute Gasteiger partial charge is 0.341 e. The van der Waals surface area contributed by atoms with Gasteiger partial charge in [0.2, 0.25) is 9.84 Å². The summed E-state index contributed by atoms with van der Waals surface area (Å²) in [5.41, 5.74) is 6.59. The Morgan fingerprint density at radius 1 is 1.08 bits per heavy atom. The lowest BCUT2D eigenvalue weighted by molar-refractivity contribution is 0.0522. The first-order chi connectivity index (χ1) is 12.4. The zero-order chi connectivity index (χ0) is 19.2. The lowest BCUT2D eigenvalue weighted by Gasteiger charge is -2.11. The average molecular weight is 377 g/mol. The van der Waals surface area contributed by atoms with Crippen molar-refractivity contribution in [1.29, 1.82) is 0 Å². The summed E-state index contributed by atoms with van der Waals surface area (Å²) in [6, 6.07) is 10.8. The van der Waals surface area contributed by atoms with Crippen molar-refractivity contribution < 1.29 is 22.7 Å². The molecule has 140 valence electrons. The third kappa shape index (κ3) is 4.42. The van der Waals surface area contributed by atoms with E-state index in [0.717, 1.165) is 18.4 Å². The van der Waals surface area contributed by atoms with Crippen molar-refractivity contribution in [3.05, 3.63) is 53.6 Å². The number of rotatable bonds is 8. The summed E-state index contributed by atoms with van der Waals surface area (Å²) in [7, 11) is -2.35. The van der Waals surface area contributed by atoms with Crippen molar-refractivity contribution in [2.75, 3.05) is 20.3 Å². The van der Waals surface area contributed by atoms with Gasteiger partial charge in [0, 0.05) is 0 Å². The van der Waals surface area contributed by atoms with Crippen molar-refractivity contribution in [2.45, 2.75) is 29.6 Å². The van der Waals surface area contributed by atoms with Gasteiger partial charge in [-0.15, -0.1) is 0 Å². The molecular weight excluding hydrogens is 354 g/mol. The van der Waals surface area contributed by atoms with Gasteiger partial charge in [-0.3, -0.25) is 0 Å². The van der Waals surface area contributed by atoms with Gasteiger partial charge in [0.1, 0.15) is 11.3 Å². The Bertz CT molecular complexity index is 860. The molecule has 0 spiro atoms. The Kier molecular flexibility index (Phi) is 6.76. The Morgan fingerprint density at radius 2 is 1.73 bits per heavy atom. The van der Waals surface area contributed by atoms with Gasteiger partial charge in [-0.2, -0.15) is 0 Å². The summed E-state index contributed by atoms with van der Waals surface area (Å²) < 4.78 is 35.9. The molecule has 0 aromatic heterocycles. The summed E-state index contributed by atoms with van der Waals surface area (Å²) in [4.78, 5) is 12.2. The molecule has 0 unspecified atom stereocenters. The highest BCUT2D eigenvalue weighted by atomic mass is 32.2. The summed E-state index contributed by atoms with van der Waals surface area (Å²) in [5, 5.41) is 0. The number of carbonyl (C=O) groups excluding carboxylic acids is 1. The monoisotopic (exact) mass is 377 g/mol. The lowest BCUT2D eigenvalue weighted by Crippen LogP contribution is -2.09. The van der Waals surface area contributed by atoms with Crippen molar-refractivity contribution in [3.8, 4) is 5.75 Å². The molecule has 0 amide bonds. The van der Waals surface area contributed by atoms with E-state index < -0.39 is 15.8 Å². The predicted molar refractivity (Wildman–Crippen MR) is 98.2 cm³/mol. The van der Waals surface area contributed by atoms with Crippen LogP contribution in [0.25, 0.3) is 0 Å². The molecule has 26 heavy (non-hydrogen) atoms. The molecule has 2 rings (SSSR count). The van der Waals surface area contributed by atoms with Gasteiger partial charge in [-0.25, -0.2) is 13.2 Å². The fraction of sp³-hybridized carbons (Fsp3) is 0.316. The summed E-state index contributed by atoms with van der Waals surface area (Å²) in [5.74, 6) is -0.363. The quantitative estimate of drug-likeness (QED) is 0.711. The van der Waals surface area contributed by atoms with E-state index in [1.807, 2.05) is 0 Å². The van der Waals surface area contributed by atoms with Gasteiger partial charge in [-0.05, 0) is 62.2 Å². The maximum Gasteiger partial charge on any atom is 0.341 e. The second-order valence-corrected chi connectivity index (χ2v) is 7.57. The van der Waals surface area contributed by atoms with E-state index in [9.17, 15) is 13.2 Å². The lowest BCUT2D eigenvalue weighted by atomic mass is 10.1. The molecule has 0 bridgehead atoms. The second-order valence-electron chi connectivity index (χ2n) is 5.62. The number of aryl methyl sites for hydroxylation is 1. The van der Waals surface area contributed by atoms with Crippen LogP contribution >= 0.6 is 0 Å². The first-order valence-corrected chi connectivity index (χ1v) is 9.81. The Hall–Kier alpha value is -2.38. The van der Waals surface area contributed by atoms with Gasteiger partial charge in [-0.1, -0.05) is 12.1 Å². The SMILES string of the molecule is CCOC(=O)c1cc(S(=O)(=O)c2ccc(CCCN)cc2)ccc1OC. The maximum atomic E-state index is 12.9. The van der Waals surface area contributed by atoms with Crippen molar-refractivity contribution in [3.63, 3.8) is 0 Å². The fourth-order valence-corrected chi connectivity index (χ4v) is 3.79. The van der Waals surface area contributed by atoms with Crippen LogP contribution in [0.3, 0.4) is 0 Å². The molecule has 0 aliphatic heterocycles. The predicted octanol–water partition coefficient (Wildman–Crippen LogP) is 2.60. The molecule has 0 heterocycles. The Balaban J connectivity index is 2.39. The molecule has 0 aliphatic rings. The highest BCUT2D eigenvalue weighted by molar-refractivity contribution is 7.91. The number of hydrogen-bond acceptors (Lipinski definition) is 6. The van der Waals surface area contributed by atoms with Gasteiger partial charge < -0.3 is 15.2 Å². The molecule has 0 aliphatic carbocycles. The van der Waals surface area contributed by atoms with Gasteiger partial charge >= 0.3 is 5.97 Å². The normalized spacial score (nSPS) is 11.2. The minimum atomic E-state index is -3.76. The Labute approximate surface area is 153 Å². The van der Waals surface area contributed by atoms with E-state index in [4.69, 9.17) is 15.2 Å². The van der Waals surface area contributed by atoms with Crippen LogP contribution in [0.5, 0.6) is 5.75 Å². The van der Waals surface area contributed by atoms with Crippen molar-refractivity contribution in [2.24, 2.45) is 5.73 Å². The number of carbonyl (C=O) groups is 1. The topological polar surface area (TPSA) is 95.7 Å². The van der Waals surface area contributed by atoms with Crippen LogP contribution in [0.2, 0.25) is 0 Å². The molecule has 2 aromatic carbocycles. The van der Waals surface area contributed by atoms with E-state index >= 15 is 0 Å². The first kappa shape index (κ1) is 19.9. The number of sulfone groups is 1. The van der Waals surface area contributed by atoms with Crippen molar-refractivity contribution >= 4 is 15.8 Å². The fourth-order valence-electron chi connectivity index (χ4n) is 2.50. The van der Waals surface area contributed by atoms with E-state index in [2.05, 4.69) is 0 Å². The highest BCUT2D eigenvalue weighted by Gasteiger charge is 2.22. The van der Waals surface area contributed by atoms with Gasteiger partial charge in [0.25, 0.3) is 0 Å². The zero-order valence-corrected chi connectivity index (χ0v) is 15.7. The number of benzene rings is 2. The molecule has 0 saturated carbocycles. The number of nitrogens with two attached hydrogens (primary N) is 1. The number of methoxy groups -OCH3 is 1. The minimum Gasteiger partial charge on any atom is -0.496 e. The van der Waals surface area contributed by atoms with E-state index in [0.29, 0.717) is 6.54 Å². The number of ether oxygens (including phenoxy) is 2. The van der Waals surface area contributed by atoms with Crippen LogP contribution in [-0.2, 0) is 21.0 Å². The molecule has 0 fully saturated rings. The molecule has 2 aromatic rings. The number of hydrogen-bond donors (Lipinski definition) is 1. The molecule has 0 radical (unpaired) electrons. The van der Waals surface area contributed by atoms with Crippen LogP contribution in [0.1, 0.15) is 29.3 Å². The molecule has 7 heteroatoms. The van der Waals surface area contributed by atoms with Crippen molar-refractivity contribution in [1.82, 2.24) is 0 Å². The average Bonchev–Trinajstić information content (AvgIpc) is 2.66. The van der Waals surface area contributed by atoms with Crippen LogP contribution in [-0.4, -0.2) is 34.6 Å². The van der Waals surface area contributed by atoms with E-state index in [1.165, 1.54) is 25.3 Å². The summed E-state index contributed by atoms with van der Waals surface area (Å²) in [6.45, 7) is 2.45. The van der Waals surface area contributed by atoms with Crippen LogP contribution in [0.4, 0.5) is 0 Å². The second kappa shape index (κ2) is 8.82.